The fourth-order valence-corrected chi connectivity index (χ4v) is 3.37. The van der Waals surface area contributed by atoms with Gasteiger partial charge >= 0.3 is 0 Å². The van der Waals surface area contributed by atoms with Crippen molar-refractivity contribution in [3.63, 3.8) is 0 Å². The Balaban J connectivity index is 1.64. The molecule has 0 aliphatic heterocycles. The minimum absolute atomic E-state index is 0.0344. The van der Waals surface area contributed by atoms with Gasteiger partial charge in [-0.25, -0.2) is 0 Å². The number of nitrogens with one attached hydrogen (secondary N) is 2. The summed E-state index contributed by atoms with van der Waals surface area (Å²) in [4.78, 5) is 23.7. The monoisotopic (exact) mass is 309 g/mol. The van der Waals surface area contributed by atoms with Gasteiger partial charge in [-0.05, 0) is 30.7 Å². The fourth-order valence-electron chi connectivity index (χ4n) is 2.74. The van der Waals surface area contributed by atoms with Crippen molar-refractivity contribution in [2.75, 3.05) is 13.1 Å². The Morgan fingerprint density at radius 3 is 2.71 bits per heavy atom. The van der Waals surface area contributed by atoms with E-state index in [0.29, 0.717) is 31.5 Å². The fraction of sp³-hybridized carbons (Fsp3) is 0.600. The summed E-state index contributed by atoms with van der Waals surface area (Å²) in [5.74, 6) is -0.0435. The number of carbonyl (C=O) groups excluding carboxylic acids is 2. The van der Waals surface area contributed by atoms with Crippen LogP contribution in [0.5, 0.6) is 0 Å². The summed E-state index contributed by atoms with van der Waals surface area (Å²) in [5.41, 5.74) is 6.29. The van der Waals surface area contributed by atoms with Crippen LogP contribution in [0, 0.1) is 0 Å². The van der Waals surface area contributed by atoms with Crippen LogP contribution >= 0.6 is 11.3 Å². The highest BCUT2D eigenvalue weighted by molar-refractivity contribution is 7.08. The third-order valence-corrected chi connectivity index (χ3v) is 4.69. The lowest BCUT2D eigenvalue weighted by molar-refractivity contribution is -0.123. The maximum Gasteiger partial charge on any atom is 0.252 e. The molecule has 1 aromatic rings. The maximum absolute atomic E-state index is 12.0. The van der Waals surface area contributed by atoms with Crippen LogP contribution in [0.2, 0.25) is 0 Å². The Kier molecular flexibility index (Phi) is 5.76. The van der Waals surface area contributed by atoms with Gasteiger partial charge < -0.3 is 16.4 Å². The van der Waals surface area contributed by atoms with E-state index in [9.17, 15) is 9.59 Å². The van der Waals surface area contributed by atoms with E-state index >= 15 is 0 Å². The second-order valence-corrected chi connectivity index (χ2v) is 6.39. The van der Waals surface area contributed by atoms with Gasteiger partial charge in [0.1, 0.15) is 0 Å². The molecule has 1 aromatic heterocycles. The number of rotatable bonds is 7. The van der Waals surface area contributed by atoms with Crippen LogP contribution in [0.1, 0.15) is 48.9 Å². The van der Waals surface area contributed by atoms with Gasteiger partial charge in [-0.2, -0.15) is 11.3 Å². The van der Waals surface area contributed by atoms with Crippen LogP contribution in [0.15, 0.2) is 16.8 Å². The molecule has 0 spiro atoms. The van der Waals surface area contributed by atoms with Crippen molar-refractivity contribution in [1.29, 1.82) is 0 Å². The highest BCUT2D eigenvalue weighted by atomic mass is 32.1. The van der Waals surface area contributed by atoms with E-state index in [1.807, 2.05) is 10.8 Å². The summed E-state index contributed by atoms with van der Waals surface area (Å²) >= 11 is 1.49. The summed E-state index contributed by atoms with van der Waals surface area (Å²) in [6.45, 7) is 1.02. The van der Waals surface area contributed by atoms with E-state index in [0.717, 1.165) is 25.7 Å². The van der Waals surface area contributed by atoms with Crippen molar-refractivity contribution in [2.45, 2.75) is 44.1 Å². The number of carbonyl (C=O) groups is 2. The maximum atomic E-state index is 12.0. The van der Waals surface area contributed by atoms with Crippen LogP contribution in [-0.4, -0.2) is 30.4 Å². The topological polar surface area (TPSA) is 84.2 Å². The molecule has 1 aliphatic carbocycles. The van der Waals surface area contributed by atoms with Crippen molar-refractivity contribution < 1.29 is 9.59 Å². The van der Waals surface area contributed by atoms with E-state index in [4.69, 9.17) is 5.73 Å². The Morgan fingerprint density at radius 2 is 2.10 bits per heavy atom. The average molecular weight is 309 g/mol. The molecule has 0 atom stereocenters. The van der Waals surface area contributed by atoms with E-state index in [-0.39, 0.29) is 17.4 Å². The normalized spacial score (nSPS) is 16.6. The van der Waals surface area contributed by atoms with Gasteiger partial charge in [0, 0.05) is 30.5 Å². The van der Waals surface area contributed by atoms with Crippen LogP contribution < -0.4 is 16.4 Å². The number of hydrogen-bond acceptors (Lipinski definition) is 4. The third kappa shape index (κ3) is 4.54. The molecule has 2 rings (SSSR count). The van der Waals surface area contributed by atoms with Crippen LogP contribution in [0.25, 0.3) is 0 Å². The van der Waals surface area contributed by atoms with E-state index in [2.05, 4.69) is 10.6 Å². The van der Waals surface area contributed by atoms with Crippen molar-refractivity contribution in [1.82, 2.24) is 10.6 Å². The standard InChI is InChI=1S/C15H23N3O2S/c16-11-15(6-1-2-7-15)18-13(19)4-3-8-17-14(20)12-5-9-21-10-12/h5,9-10H,1-4,6-8,11,16H2,(H,17,20)(H,18,19). The number of amides is 2. The molecule has 1 fully saturated rings. The molecule has 21 heavy (non-hydrogen) atoms. The van der Waals surface area contributed by atoms with Crippen molar-refractivity contribution in [3.05, 3.63) is 22.4 Å². The minimum Gasteiger partial charge on any atom is -0.352 e. The summed E-state index contributed by atoms with van der Waals surface area (Å²) in [6.07, 6.45) is 5.28. The highest BCUT2D eigenvalue weighted by Crippen LogP contribution is 2.28. The summed E-state index contributed by atoms with van der Waals surface area (Å²) in [6, 6.07) is 1.79. The summed E-state index contributed by atoms with van der Waals surface area (Å²) in [5, 5.41) is 9.59. The molecule has 1 heterocycles. The zero-order chi connectivity index (χ0) is 15.1. The summed E-state index contributed by atoms with van der Waals surface area (Å²) < 4.78 is 0. The van der Waals surface area contributed by atoms with Crippen molar-refractivity contribution in [3.8, 4) is 0 Å². The van der Waals surface area contributed by atoms with E-state index in [1.165, 1.54) is 11.3 Å². The van der Waals surface area contributed by atoms with E-state index in [1.54, 1.807) is 6.07 Å². The van der Waals surface area contributed by atoms with Crippen molar-refractivity contribution >= 4 is 23.2 Å². The van der Waals surface area contributed by atoms with Gasteiger partial charge in [0.25, 0.3) is 5.91 Å². The quantitative estimate of drug-likeness (QED) is 0.670. The number of nitrogens with two attached hydrogens (primary N) is 1. The molecule has 0 bridgehead atoms. The Bertz CT molecular complexity index is 467. The van der Waals surface area contributed by atoms with Gasteiger partial charge in [-0.1, -0.05) is 12.8 Å². The van der Waals surface area contributed by atoms with Gasteiger partial charge in [-0.3, -0.25) is 9.59 Å². The molecule has 6 heteroatoms. The molecule has 116 valence electrons. The van der Waals surface area contributed by atoms with Gasteiger partial charge in [0.15, 0.2) is 0 Å². The SMILES string of the molecule is NCC1(NC(=O)CCCNC(=O)c2ccsc2)CCCC1. The van der Waals surface area contributed by atoms with Gasteiger partial charge in [0.2, 0.25) is 5.91 Å². The molecule has 2 amide bonds. The zero-order valence-electron chi connectivity index (χ0n) is 12.2. The lowest BCUT2D eigenvalue weighted by atomic mass is 9.97. The smallest absolute Gasteiger partial charge is 0.252 e. The second kappa shape index (κ2) is 7.56. The molecule has 4 N–H and O–H groups in total. The highest BCUT2D eigenvalue weighted by Gasteiger charge is 2.33. The van der Waals surface area contributed by atoms with Crippen molar-refractivity contribution in [2.24, 2.45) is 5.73 Å². The molecule has 0 unspecified atom stereocenters. The third-order valence-electron chi connectivity index (χ3n) is 4.01. The predicted octanol–water partition coefficient (Wildman–Crippen LogP) is 1.65. The molecule has 1 aliphatic rings. The Morgan fingerprint density at radius 1 is 1.33 bits per heavy atom. The minimum atomic E-state index is -0.184. The van der Waals surface area contributed by atoms with Crippen LogP contribution in [-0.2, 0) is 4.79 Å². The van der Waals surface area contributed by atoms with Gasteiger partial charge in [0.05, 0.1) is 5.54 Å². The first-order valence-corrected chi connectivity index (χ1v) is 8.41. The Hall–Kier alpha value is -1.40. The zero-order valence-corrected chi connectivity index (χ0v) is 13.0. The van der Waals surface area contributed by atoms with Crippen LogP contribution in [0.4, 0.5) is 0 Å². The lowest BCUT2D eigenvalue weighted by Gasteiger charge is -2.28. The Labute approximate surface area is 129 Å². The molecule has 1 saturated carbocycles. The first-order valence-electron chi connectivity index (χ1n) is 7.47. The molecular weight excluding hydrogens is 286 g/mol. The molecule has 0 radical (unpaired) electrons. The summed E-state index contributed by atoms with van der Waals surface area (Å²) in [7, 11) is 0. The molecule has 0 aromatic carbocycles. The lowest BCUT2D eigenvalue weighted by Crippen LogP contribution is -2.51. The molecule has 5 nitrogen and oxygen atoms in total. The van der Waals surface area contributed by atoms with Gasteiger partial charge in [-0.15, -0.1) is 0 Å². The first kappa shape index (κ1) is 16.0. The number of thiophene rings is 1. The predicted molar refractivity (Wildman–Crippen MR) is 84.3 cm³/mol. The first-order chi connectivity index (χ1) is 10.2. The average Bonchev–Trinajstić information content (AvgIpc) is 3.15. The second-order valence-electron chi connectivity index (χ2n) is 5.61. The molecular formula is C15H23N3O2S. The van der Waals surface area contributed by atoms with E-state index < -0.39 is 0 Å². The largest absolute Gasteiger partial charge is 0.352 e. The number of hydrogen-bond donors (Lipinski definition) is 3. The van der Waals surface area contributed by atoms with Crippen LogP contribution in [0.3, 0.4) is 0 Å². The molecule has 0 saturated heterocycles.